The van der Waals surface area contributed by atoms with Gasteiger partial charge in [-0.15, -0.1) is 0 Å². The lowest BCUT2D eigenvalue weighted by Gasteiger charge is -2.11. The molecule has 0 unspecified atom stereocenters. The third-order valence-corrected chi connectivity index (χ3v) is 5.77. The Labute approximate surface area is 161 Å². The highest BCUT2D eigenvalue weighted by molar-refractivity contribution is 9.10. The van der Waals surface area contributed by atoms with Crippen molar-refractivity contribution in [1.29, 1.82) is 0 Å². The van der Waals surface area contributed by atoms with Crippen LogP contribution in [0, 0.1) is 20.8 Å². The fraction of sp³-hybridized carbons (Fsp3) is 0.136. The molecule has 0 bridgehead atoms. The molecule has 26 heavy (non-hydrogen) atoms. The smallest absolute Gasteiger partial charge is 0.256 e. The SMILES string of the molecule is Cc1cc(-n2c(C)cc(/C=C3/C(=O)Nc4ccccc43)c2C)ccc1Br. The lowest BCUT2D eigenvalue weighted by Crippen LogP contribution is -2.03. The molecule has 0 aliphatic carbocycles. The predicted octanol–water partition coefficient (Wildman–Crippen LogP) is 5.66. The number of benzene rings is 2. The average molecular weight is 407 g/mol. The first-order chi connectivity index (χ1) is 12.5. The molecule has 1 aromatic heterocycles. The number of amides is 1. The molecule has 0 spiro atoms. The first-order valence-corrected chi connectivity index (χ1v) is 9.33. The number of hydrogen-bond acceptors (Lipinski definition) is 1. The number of fused-ring (bicyclic) bond motifs is 1. The number of aromatic nitrogens is 1. The average Bonchev–Trinajstić information content (AvgIpc) is 3.07. The predicted molar refractivity (Wildman–Crippen MR) is 111 cm³/mol. The van der Waals surface area contributed by atoms with Gasteiger partial charge in [0.2, 0.25) is 0 Å². The van der Waals surface area contributed by atoms with Gasteiger partial charge in [-0.1, -0.05) is 34.1 Å². The Balaban J connectivity index is 1.83. The van der Waals surface area contributed by atoms with Crippen molar-refractivity contribution in [3.63, 3.8) is 0 Å². The van der Waals surface area contributed by atoms with Crippen molar-refractivity contribution >= 4 is 39.2 Å². The quantitative estimate of drug-likeness (QED) is 0.547. The molecule has 4 rings (SSSR count). The van der Waals surface area contributed by atoms with E-state index in [9.17, 15) is 4.79 Å². The molecule has 1 N–H and O–H groups in total. The summed E-state index contributed by atoms with van der Waals surface area (Å²) >= 11 is 3.56. The molecule has 1 aliphatic heterocycles. The van der Waals surface area contributed by atoms with E-state index in [1.807, 2.05) is 30.3 Å². The normalized spacial score (nSPS) is 14.6. The largest absolute Gasteiger partial charge is 0.321 e. The van der Waals surface area contributed by atoms with Crippen molar-refractivity contribution in [2.24, 2.45) is 0 Å². The molecule has 1 aliphatic rings. The summed E-state index contributed by atoms with van der Waals surface area (Å²) in [6.07, 6.45) is 1.99. The Bertz CT molecular complexity index is 1080. The van der Waals surface area contributed by atoms with E-state index in [1.165, 1.54) is 5.56 Å². The Hall–Kier alpha value is -2.59. The van der Waals surface area contributed by atoms with Gasteiger partial charge in [-0.2, -0.15) is 0 Å². The molecule has 3 aromatic rings. The first-order valence-electron chi connectivity index (χ1n) is 8.53. The first kappa shape index (κ1) is 16.9. The van der Waals surface area contributed by atoms with Gasteiger partial charge in [0.1, 0.15) is 0 Å². The summed E-state index contributed by atoms with van der Waals surface area (Å²) < 4.78 is 3.33. The zero-order valence-corrected chi connectivity index (χ0v) is 16.5. The van der Waals surface area contributed by atoms with Crippen LogP contribution in [0.4, 0.5) is 5.69 Å². The summed E-state index contributed by atoms with van der Waals surface area (Å²) in [5.41, 5.74) is 8.19. The zero-order chi connectivity index (χ0) is 18.4. The number of carbonyl (C=O) groups is 1. The van der Waals surface area contributed by atoms with Crippen LogP contribution >= 0.6 is 15.9 Å². The number of nitrogens with one attached hydrogen (secondary N) is 1. The Morgan fingerprint density at radius 1 is 1.04 bits per heavy atom. The summed E-state index contributed by atoms with van der Waals surface area (Å²) in [5, 5.41) is 2.93. The number of halogens is 1. The summed E-state index contributed by atoms with van der Waals surface area (Å²) in [6, 6.07) is 16.3. The van der Waals surface area contributed by atoms with E-state index in [-0.39, 0.29) is 5.91 Å². The van der Waals surface area contributed by atoms with E-state index in [1.54, 1.807) is 0 Å². The van der Waals surface area contributed by atoms with Crippen molar-refractivity contribution in [3.8, 4) is 5.69 Å². The van der Waals surface area contributed by atoms with Crippen LogP contribution in [-0.4, -0.2) is 10.5 Å². The highest BCUT2D eigenvalue weighted by Crippen LogP contribution is 2.34. The molecule has 3 nitrogen and oxygen atoms in total. The van der Waals surface area contributed by atoms with E-state index in [0.717, 1.165) is 38.4 Å². The number of para-hydroxylation sites is 1. The second kappa shape index (κ2) is 6.29. The molecule has 2 aromatic carbocycles. The van der Waals surface area contributed by atoms with Crippen LogP contribution in [0.15, 0.2) is 53.0 Å². The minimum absolute atomic E-state index is 0.0458. The van der Waals surface area contributed by atoms with Gasteiger partial charge in [0.25, 0.3) is 5.91 Å². The summed E-state index contributed by atoms with van der Waals surface area (Å²) in [5.74, 6) is -0.0458. The molecule has 2 heterocycles. The third-order valence-electron chi connectivity index (χ3n) is 4.88. The number of hydrogen-bond donors (Lipinski definition) is 1. The van der Waals surface area contributed by atoms with Crippen LogP contribution in [-0.2, 0) is 4.79 Å². The van der Waals surface area contributed by atoms with Crippen LogP contribution < -0.4 is 5.32 Å². The minimum atomic E-state index is -0.0458. The van der Waals surface area contributed by atoms with Crippen molar-refractivity contribution in [1.82, 2.24) is 4.57 Å². The Morgan fingerprint density at radius 2 is 1.81 bits per heavy atom. The zero-order valence-electron chi connectivity index (χ0n) is 14.9. The van der Waals surface area contributed by atoms with Crippen LogP contribution in [0.25, 0.3) is 17.3 Å². The fourth-order valence-corrected chi connectivity index (χ4v) is 3.78. The summed E-state index contributed by atoms with van der Waals surface area (Å²) in [6.45, 7) is 6.27. The Morgan fingerprint density at radius 3 is 2.58 bits per heavy atom. The fourth-order valence-electron chi connectivity index (χ4n) is 3.54. The highest BCUT2D eigenvalue weighted by atomic mass is 79.9. The topological polar surface area (TPSA) is 34.0 Å². The van der Waals surface area contributed by atoms with Gasteiger partial charge in [0, 0.05) is 38.4 Å². The molecule has 0 fully saturated rings. The molecular weight excluding hydrogens is 388 g/mol. The van der Waals surface area contributed by atoms with E-state index >= 15 is 0 Å². The number of rotatable bonds is 2. The number of carbonyl (C=O) groups excluding carboxylic acids is 1. The second-order valence-corrected chi connectivity index (χ2v) is 7.51. The van der Waals surface area contributed by atoms with Crippen LogP contribution in [0.3, 0.4) is 0 Å². The van der Waals surface area contributed by atoms with Gasteiger partial charge in [0.15, 0.2) is 0 Å². The van der Waals surface area contributed by atoms with E-state index in [4.69, 9.17) is 0 Å². The van der Waals surface area contributed by atoms with Gasteiger partial charge in [-0.05, 0) is 68.3 Å². The third kappa shape index (κ3) is 2.71. The number of aryl methyl sites for hydroxylation is 2. The summed E-state index contributed by atoms with van der Waals surface area (Å²) in [4.78, 5) is 12.4. The Kier molecular flexibility index (Phi) is 4.08. The molecule has 1 amide bonds. The lowest BCUT2D eigenvalue weighted by atomic mass is 10.0. The minimum Gasteiger partial charge on any atom is -0.321 e. The lowest BCUT2D eigenvalue weighted by molar-refractivity contribution is -0.110. The molecule has 0 saturated carbocycles. The van der Waals surface area contributed by atoms with Gasteiger partial charge in [-0.25, -0.2) is 0 Å². The monoisotopic (exact) mass is 406 g/mol. The molecule has 4 heteroatoms. The number of anilines is 1. The molecule has 0 atom stereocenters. The van der Waals surface area contributed by atoms with Crippen LogP contribution in [0.2, 0.25) is 0 Å². The van der Waals surface area contributed by atoms with Crippen molar-refractivity contribution in [3.05, 3.63) is 81.1 Å². The van der Waals surface area contributed by atoms with E-state index in [0.29, 0.717) is 5.57 Å². The van der Waals surface area contributed by atoms with Crippen LogP contribution in [0.5, 0.6) is 0 Å². The van der Waals surface area contributed by atoms with Crippen molar-refractivity contribution in [2.45, 2.75) is 20.8 Å². The summed E-state index contributed by atoms with van der Waals surface area (Å²) in [7, 11) is 0. The van der Waals surface area contributed by atoms with E-state index < -0.39 is 0 Å². The van der Waals surface area contributed by atoms with Gasteiger partial charge < -0.3 is 9.88 Å². The highest BCUT2D eigenvalue weighted by Gasteiger charge is 2.24. The molecule has 0 radical (unpaired) electrons. The standard InChI is InChI=1S/C22H19BrN2O/c1-13-10-17(8-9-20(13)23)25-14(2)11-16(15(25)3)12-19-18-6-4-5-7-21(18)24-22(19)26/h4-12H,1-3H3,(H,24,26)/b19-12+. The maximum Gasteiger partial charge on any atom is 0.256 e. The van der Waals surface area contributed by atoms with Gasteiger partial charge >= 0.3 is 0 Å². The molecule has 0 saturated heterocycles. The van der Waals surface area contributed by atoms with E-state index in [2.05, 4.69) is 70.9 Å². The van der Waals surface area contributed by atoms with Crippen LogP contribution in [0.1, 0.15) is 28.1 Å². The maximum atomic E-state index is 12.4. The second-order valence-electron chi connectivity index (χ2n) is 6.65. The van der Waals surface area contributed by atoms with Crippen molar-refractivity contribution < 1.29 is 4.79 Å². The molecule has 130 valence electrons. The van der Waals surface area contributed by atoms with Gasteiger partial charge in [-0.3, -0.25) is 4.79 Å². The van der Waals surface area contributed by atoms with Gasteiger partial charge in [0.05, 0.1) is 0 Å². The molecular formula is C22H19BrN2O. The maximum absolute atomic E-state index is 12.4. The number of nitrogens with zero attached hydrogens (tertiary/aromatic N) is 1. The van der Waals surface area contributed by atoms with Crippen molar-refractivity contribution in [2.75, 3.05) is 5.32 Å².